The Labute approximate surface area is 223 Å². The van der Waals surface area contributed by atoms with E-state index in [1.807, 2.05) is 30.3 Å². The molecule has 180 valence electrons. The number of hydrogen-bond donors (Lipinski definition) is 1. The number of amides is 1. The molecular formula is C26H27Cl4N3O. The lowest BCUT2D eigenvalue weighted by atomic mass is 10.0. The van der Waals surface area contributed by atoms with Gasteiger partial charge in [0.05, 0.1) is 15.7 Å². The van der Waals surface area contributed by atoms with Crippen molar-refractivity contribution in [3.05, 3.63) is 87.4 Å². The molecule has 0 atom stereocenters. The van der Waals surface area contributed by atoms with Gasteiger partial charge in [0.15, 0.2) is 0 Å². The number of halogens is 4. The van der Waals surface area contributed by atoms with Crippen LogP contribution in [0.1, 0.15) is 21.5 Å². The highest BCUT2D eigenvalue weighted by Gasteiger charge is 2.21. The Morgan fingerprint density at radius 2 is 1.59 bits per heavy atom. The predicted molar refractivity (Wildman–Crippen MR) is 147 cm³/mol. The lowest BCUT2D eigenvalue weighted by Gasteiger charge is -2.36. The Morgan fingerprint density at radius 1 is 0.853 bits per heavy atom. The van der Waals surface area contributed by atoms with E-state index >= 15 is 0 Å². The van der Waals surface area contributed by atoms with Crippen molar-refractivity contribution in [1.82, 2.24) is 10.2 Å². The van der Waals surface area contributed by atoms with E-state index in [1.165, 1.54) is 22.3 Å². The maximum absolute atomic E-state index is 12.7. The molecule has 2 aliphatic rings. The highest BCUT2D eigenvalue weighted by Crippen LogP contribution is 2.36. The Kier molecular flexibility index (Phi) is 9.14. The highest BCUT2D eigenvalue weighted by molar-refractivity contribution is 6.43. The zero-order valence-electron chi connectivity index (χ0n) is 18.6. The number of carbonyl (C=O) groups is 1. The van der Waals surface area contributed by atoms with Crippen LogP contribution < -0.4 is 10.2 Å². The zero-order valence-corrected chi connectivity index (χ0v) is 21.7. The summed E-state index contributed by atoms with van der Waals surface area (Å²) in [6.45, 7) is 5.09. The van der Waals surface area contributed by atoms with Gasteiger partial charge in [-0.05, 0) is 52.9 Å². The fourth-order valence-corrected chi connectivity index (χ4v) is 5.08. The summed E-state index contributed by atoms with van der Waals surface area (Å²) in [5, 5.41) is 4.29. The van der Waals surface area contributed by atoms with Gasteiger partial charge in [-0.15, -0.1) is 24.8 Å². The Balaban J connectivity index is 0.00000162. The van der Waals surface area contributed by atoms with Crippen molar-refractivity contribution < 1.29 is 4.79 Å². The summed E-state index contributed by atoms with van der Waals surface area (Å²) >= 11 is 12.5. The zero-order chi connectivity index (χ0) is 22.1. The molecule has 0 spiro atoms. The monoisotopic (exact) mass is 537 g/mol. The molecule has 1 heterocycles. The first-order valence-corrected chi connectivity index (χ1v) is 11.8. The summed E-state index contributed by atoms with van der Waals surface area (Å²) < 4.78 is 0. The molecular weight excluding hydrogens is 512 g/mol. The van der Waals surface area contributed by atoms with Gasteiger partial charge in [-0.2, -0.15) is 0 Å². The van der Waals surface area contributed by atoms with Crippen LogP contribution in [0.2, 0.25) is 10.0 Å². The van der Waals surface area contributed by atoms with Crippen LogP contribution in [0.15, 0.2) is 60.7 Å². The van der Waals surface area contributed by atoms with Crippen molar-refractivity contribution in [1.29, 1.82) is 0 Å². The number of hydrogen-bond acceptors (Lipinski definition) is 3. The van der Waals surface area contributed by atoms with Gasteiger partial charge in [0.1, 0.15) is 0 Å². The number of fused-ring (bicyclic) bond motifs is 3. The molecule has 0 unspecified atom stereocenters. The van der Waals surface area contributed by atoms with Gasteiger partial charge in [-0.3, -0.25) is 9.69 Å². The van der Waals surface area contributed by atoms with Crippen LogP contribution in [0, 0.1) is 0 Å². The molecule has 34 heavy (non-hydrogen) atoms. The number of nitrogens with zero attached hydrogens (tertiary/aromatic N) is 2. The molecule has 1 amide bonds. The molecule has 1 saturated heterocycles. The van der Waals surface area contributed by atoms with Crippen LogP contribution in [-0.2, 0) is 6.42 Å². The maximum Gasteiger partial charge on any atom is 0.251 e. The minimum absolute atomic E-state index is 0. The summed E-state index contributed by atoms with van der Waals surface area (Å²) in [5.74, 6) is -0.00639. The van der Waals surface area contributed by atoms with Crippen molar-refractivity contribution >= 4 is 59.6 Å². The predicted octanol–water partition coefficient (Wildman–Crippen LogP) is 5.96. The summed E-state index contributed by atoms with van der Waals surface area (Å²) in [6, 6.07) is 20.3. The number of anilines is 1. The first kappa shape index (κ1) is 26.7. The van der Waals surface area contributed by atoms with E-state index < -0.39 is 0 Å². The standard InChI is InChI=1S/C26H25Cl2N3O.2ClH/c27-23-6-3-7-24(25(23)28)31-14-12-30(13-15-31)11-10-29-26(32)19-8-9-22-20(17-19)16-18-4-1-2-5-21(18)22;;/h1-9,17H,10-16H2,(H,29,32);2*1H. The molecule has 1 aliphatic heterocycles. The van der Waals surface area contributed by atoms with Gasteiger partial charge in [-0.1, -0.05) is 59.6 Å². The average Bonchev–Trinajstić information content (AvgIpc) is 3.19. The Bertz CT molecular complexity index is 1160. The SMILES string of the molecule is Cl.Cl.O=C(NCCN1CCN(c2cccc(Cl)c2Cl)CC1)c1ccc2c(c1)Cc1ccccc1-2. The van der Waals surface area contributed by atoms with Crippen LogP contribution in [0.3, 0.4) is 0 Å². The molecule has 0 saturated carbocycles. The van der Waals surface area contributed by atoms with Crippen LogP contribution in [0.25, 0.3) is 11.1 Å². The van der Waals surface area contributed by atoms with Crippen molar-refractivity contribution in [2.24, 2.45) is 0 Å². The highest BCUT2D eigenvalue weighted by atomic mass is 35.5. The molecule has 1 N–H and O–H groups in total. The van der Waals surface area contributed by atoms with Gasteiger partial charge in [0.2, 0.25) is 0 Å². The minimum Gasteiger partial charge on any atom is -0.368 e. The maximum atomic E-state index is 12.7. The second-order valence-corrected chi connectivity index (χ2v) is 9.15. The van der Waals surface area contributed by atoms with E-state index in [0.717, 1.165) is 50.4 Å². The third-order valence-corrected chi connectivity index (χ3v) is 7.22. The topological polar surface area (TPSA) is 35.6 Å². The normalized spacial score (nSPS) is 14.5. The number of piperazine rings is 1. The van der Waals surface area contributed by atoms with Crippen LogP contribution in [0.4, 0.5) is 5.69 Å². The molecule has 0 bridgehead atoms. The van der Waals surface area contributed by atoms with Crippen molar-refractivity contribution in [2.45, 2.75) is 6.42 Å². The van der Waals surface area contributed by atoms with Gasteiger partial charge in [0.25, 0.3) is 5.91 Å². The Morgan fingerprint density at radius 3 is 2.38 bits per heavy atom. The van der Waals surface area contributed by atoms with Gasteiger partial charge < -0.3 is 10.2 Å². The third kappa shape index (κ3) is 5.48. The lowest BCUT2D eigenvalue weighted by Crippen LogP contribution is -2.48. The summed E-state index contributed by atoms with van der Waals surface area (Å²) in [6.07, 6.45) is 0.896. The molecule has 0 radical (unpaired) electrons. The number of carbonyl (C=O) groups excluding carboxylic acids is 1. The van der Waals surface area contributed by atoms with E-state index in [0.29, 0.717) is 16.6 Å². The van der Waals surface area contributed by atoms with Gasteiger partial charge >= 0.3 is 0 Å². The van der Waals surface area contributed by atoms with E-state index in [1.54, 1.807) is 0 Å². The molecule has 1 fully saturated rings. The minimum atomic E-state index is -0.00639. The summed E-state index contributed by atoms with van der Waals surface area (Å²) in [4.78, 5) is 17.3. The molecule has 3 aromatic carbocycles. The number of rotatable bonds is 5. The summed E-state index contributed by atoms with van der Waals surface area (Å²) in [7, 11) is 0. The fourth-order valence-electron chi connectivity index (χ4n) is 4.66. The number of benzene rings is 3. The molecule has 5 rings (SSSR count). The first-order valence-electron chi connectivity index (χ1n) is 11.0. The molecule has 0 aromatic heterocycles. The molecule has 3 aromatic rings. The second kappa shape index (κ2) is 11.7. The smallest absolute Gasteiger partial charge is 0.251 e. The average molecular weight is 539 g/mol. The second-order valence-electron chi connectivity index (χ2n) is 8.36. The van der Waals surface area contributed by atoms with Crippen molar-refractivity contribution in [3.63, 3.8) is 0 Å². The van der Waals surface area contributed by atoms with Gasteiger partial charge in [0, 0.05) is 44.8 Å². The van der Waals surface area contributed by atoms with Crippen LogP contribution in [0.5, 0.6) is 0 Å². The number of nitrogens with one attached hydrogen (secondary N) is 1. The van der Waals surface area contributed by atoms with E-state index in [9.17, 15) is 4.79 Å². The van der Waals surface area contributed by atoms with Gasteiger partial charge in [-0.25, -0.2) is 0 Å². The van der Waals surface area contributed by atoms with Crippen LogP contribution >= 0.6 is 48.0 Å². The molecule has 1 aliphatic carbocycles. The van der Waals surface area contributed by atoms with Crippen molar-refractivity contribution in [3.8, 4) is 11.1 Å². The van der Waals surface area contributed by atoms with E-state index in [-0.39, 0.29) is 30.7 Å². The Hall–Kier alpha value is -1.95. The quantitative estimate of drug-likeness (QED) is 0.340. The van der Waals surface area contributed by atoms with E-state index in [4.69, 9.17) is 23.2 Å². The third-order valence-electron chi connectivity index (χ3n) is 6.41. The molecule has 8 heteroatoms. The van der Waals surface area contributed by atoms with Crippen molar-refractivity contribution in [2.75, 3.05) is 44.2 Å². The molecule has 4 nitrogen and oxygen atoms in total. The van der Waals surface area contributed by atoms with Crippen LogP contribution in [-0.4, -0.2) is 50.1 Å². The largest absolute Gasteiger partial charge is 0.368 e. The summed E-state index contributed by atoms with van der Waals surface area (Å²) in [5.41, 5.74) is 6.82. The van der Waals surface area contributed by atoms with E-state index in [2.05, 4.69) is 45.4 Å². The first-order chi connectivity index (χ1) is 15.6. The lowest BCUT2D eigenvalue weighted by molar-refractivity contribution is 0.0947. The fraction of sp³-hybridized carbons (Fsp3) is 0.269.